The van der Waals surface area contributed by atoms with Crippen LogP contribution in [0.3, 0.4) is 0 Å². The van der Waals surface area contributed by atoms with E-state index in [2.05, 4.69) is 26.8 Å². The van der Waals surface area contributed by atoms with Gasteiger partial charge in [0, 0.05) is 27.6 Å². The number of carbonyl (C=O) groups excluding carboxylic acids is 2. The van der Waals surface area contributed by atoms with Gasteiger partial charge in [0.05, 0.1) is 0 Å². The Kier molecular flexibility index (Phi) is 7.01. The fourth-order valence-corrected chi connectivity index (χ4v) is 2.39. The average molecular weight is 373 g/mol. The van der Waals surface area contributed by atoms with Gasteiger partial charge in [-0.05, 0) is 26.3 Å². The van der Waals surface area contributed by atoms with Crippen molar-refractivity contribution in [1.82, 2.24) is 5.32 Å². The second kappa shape index (κ2) is 8.56. The van der Waals surface area contributed by atoms with Gasteiger partial charge in [-0.1, -0.05) is 49.0 Å². The van der Waals surface area contributed by atoms with Gasteiger partial charge < -0.3 is 10.1 Å². The van der Waals surface area contributed by atoms with Gasteiger partial charge in [-0.3, -0.25) is 4.79 Å². The number of rotatable bonds is 4. The van der Waals surface area contributed by atoms with Crippen molar-refractivity contribution < 1.29 is 14.3 Å². The Hall–Kier alpha value is -2.75. The molecule has 0 radical (unpaired) electrons. The molecule has 7 nitrogen and oxygen atoms in total. The Labute approximate surface area is 154 Å². The summed E-state index contributed by atoms with van der Waals surface area (Å²) in [6.45, 7) is 11.4. The molecule has 1 aromatic carbocycles. The van der Waals surface area contributed by atoms with E-state index in [-0.39, 0.29) is 5.69 Å². The summed E-state index contributed by atoms with van der Waals surface area (Å²) < 4.78 is 5.34. The van der Waals surface area contributed by atoms with E-state index in [0.717, 1.165) is 0 Å². The van der Waals surface area contributed by atoms with E-state index in [4.69, 9.17) is 10.3 Å². The maximum Gasteiger partial charge on any atom is 0.384 e. The van der Waals surface area contributed by atoms with Crippen molar-refractivity contribution in [3.8, 4) is 11.5 Å². The minimum Gasteiger partial charge on any atom is -0.438 e. The number of amides is 1. The largest absolute Gasteiger partial charge is 0.438 e. The quantitative estimate of drug-likeness (QED) is 0.216. The first kappa shape index (κ1) is 21.3. The molecule has 1 amide bonds. The highest BCUT2D eigenvalue weighted by Crippen LogP contribution is 2.29. The van der Waals surface area contributed by atoms with Gasteiger partial charge in [0.25, 0.3) is 5.91 Å². The maximum absolute atomic E-state index is 12.7. The van der Waals surface area contributed by atoms with Crippen molar-refractivity contribution in [2.75, 3.05) is 0 Å². The van der Waals surface area contributed by atoms with Crippen LogP contribution in [-0.2, 0) is 14.3 Å². The van der Waals surface area contributed by atoms with Crippen LogP contribution in [0.1, 0.15) is 32.4 Å². The van der Waals surface area contributed by atoms with Crippen molar-refractivity contribution in [3.63, 3.8) is 0 Å². The van der Waals surface area contributed by atoms with E-state index in [0.29, 0.717) is 5.56 Å². The summed E-state index contributed by atoms with van der Waals surface area (Å²) in [5, 5.41) is 6.35. The number of benzene rings is 1. The lowest BCUT2D eigenvalue weighted by Crippen LogP contribution is -2.44. The molecule has 8 heteroatoms. The van der Waals surface area contributed by atoms with Gasteiger partial charge in [-0.15, -0.1) is 5.54 Å². The molecule has 0 saturated heterocycles. The van der Waals surface area contributed by atoms with Gasteiger partial charge in [0.2, 0.25) is 6.10 Å². The van der Waals surface area contributed by atoms with Crippen LogP contribution in [0.15, 0.2) is 29.4 Å². The second-order valence-corrected chi connectivity index (χ2v) is 12.5. The first-order valence-electron chi connectivity index (χ1n) is 8.13. The van der Waals surface area contributed by atoms with Crippen molar-refractivity contribution in [2.24, 2.45) is 5.11 Å². The van der Waals surface area contributed by atoms with Crippen LogP contribution in [0, 0.1) is 11.5 Å². The lowest BCUT2D eigenvalue weighted by molar-refractivity contribution is -0.151. The molecule has 1 unspecified atom stereocenters. The Morgan fingerprint density at radius 1 is 1.27 bits per heavy atom. The molecular weight excluding hydrogens is 348 g/mol. The highest BCUT2D eigenvalue weighted by atomic mass is 28.3. The van der Waals surface area contributed by atoms with E-state index in [9.17, 15) is 9.59 Å². The molecule has 0 saturated carbocycles. The van der Waals surface area contributed by atoms with Crippen LogP contribution in [0.25, 0.3) is 10.4 Å². The molecule has 1 atom stereocenters. The minimum absolute atomic E-state index is 0.218. The summed E-state index contributed by atoms with van der Waals surface area (Å²) in [6.07, 6.45) is -1.26. The fraction of sp³-hybridized carbons (Fsp3) is 0.444. The number of esters is 1. The maximum atomic E-state index is 12.7. The van der Waals surface area contributed by atoms with Crippen LogP contribution < -0.4 is 5.32 Å². The smallest absolute Gasteiger partial charge is 0.384 e. The lowest BCUT2D eigenvalue weighted by Gasteiger charge is -2.25. The van der Waals surface area contributed by atoms with Crippen LogP contribution in [0.2, 0.25) is 19.6 Å². The van der Waals surface area contributed by atoms with E-state index in [1.165, 1.54) is 0 Å². The molecule has 0 bridgehead atoms. The Bertz CT molecular complexity index is 791. The third kappa shape index (κ3) is 7.43. The van der Waals surface area contributed by atoms with Gasteiger partial charge in [-0.25, -0.2) is 4.79 Å². The fourth-order valence-electron chi connectivity index (χ4n) is 1.92. The Balaban J connectivity index is 3.27. The van der Waals surface area contributed by atoms with Crippen molar-refractivity contribution >= 4 is 25.6 Å². The van der Waals surface area contributed by atoms with E-state index >= 15 is 0 Å². The van der Waals surface area contributed by atoms with E-state index in [1.54, 1.807) is 24.3 Å². The first-order chi connectivity index (χ1) is 11.9. The first-order valence-corrected chi connectivity index (χ1v) is 11.6. The molecule has 1 rings (SSSR count). The van der Waals surface area contributed by atoms with Crippen LogP contribution in [-0.4, -0.2) is 25.5 Å². The van der Waals surface area contributed by atoms with Gasteiger partial charge >= 0.3 is 5.97 Å². The summed E-state index contributed by atoms with van der Waals surface area (Å²) in [5.74, 6) is 1.15. The molecule has 0 heterocycles. The lowest BCUT2D eigenvalue weighted by atomic mass is 10.0. The zero-order valence-electron chi connectivity index (χ0n) is 16.0. The monoisotopic (exact) mass is 372 g/mol. The minimum atomic E-state index is -1.77. The van der Waals surface area contributed by atoms with Crippen molar-refractivity contribution in [3.05, 3.63) is 40.3 Å². The molecule has 138 valence electrons. The van der Waals surface area contributed by atoms with E-state index < -0.39 is 31.6 Å². The molecule has 0 aliphatic heterocycles. The topological polar surface area (TPSA) is 104 Å². The molecule has 1 N–H and O–H groups in total. The zero-order chi connectivity index (χ0) is 20.0. The Morgan fingerprint density at radius 2 is 1.88 bits per heavy atom. The number of azide groups is 1. The summed E-state index contributed by atoms with van der Waals surface area (Å²) in [7, 11) is -1.77. The standard InChI is InChI=1S/C18H24N4O3Si/c1-18(2,3)20-17(24)16(25-15(23)11-12-26(4,5)6)13-9-7-8-10-14(13)21-22-19/h7-10,16H,1-6H3,(H,20,24). The molecule has 0 aliphatic carbocycles. The molecule has 0 spiro atoms. The molecule has 0 fully saturated rings. The third-order valence-corrected chi connectivity index (χ3v) is 3.75. The predicted molar refractivity (Wildman–Crippen MR) is 103 cm³/mol. The number of hydrogen-bond donors (Lipinski definition) is 1. The SMILES string of the molecule is CC(C)(C)NC(=O)C(OC(=O)C#C[Si](C)(C)C)c1ccccc1N=[N+]=[N-]. The number of hydrogen-bond acceptors (Lipinski definition) is 4. The zero-order valence-corrected chi connectivity index (χ0v) is 17.0. The molecule has 0 aromatic heterocycles. The van der Waals surface area contributed by atoms with Gasteiger partial charge in [-0.2, -0.15) is 0 Å². The summed E-state index contributed by atoms with van der Waals surface area (Å²) in [5.41, 5.74) is 11.6. The van der Waals surface area contributed by atoms with Gasteiger partial charge in [0.1, 0.15) is 8.07 Å². The highest BCUT2D eigenvalue weighted by molar-refractivity contribution is 6.84. The van der Waals surface area contributed by atoms with Crippen molar-refractivity contribution in [1.29, 1.82) is 0 Å². The second-order valence-electron chi connectivity index (χ2n) is 7.77. The number of nitrogens with one attached hydrogen (secondary N) is 1. The van der Waals surface area contributed by atoms with Crippen LogP contribution in [0.5, 0.6) is 0 Å². The Morgan fingerprint density at radius 3 is 2.42 bits per heavy atom. The van der Waals surface area contributed by atoms with Crippen LogP contribution in [0.4, 0.5) is 5.69 Å². The van der Waals surface area contributed by atoms with Crippen molar-refractivity contribution in [2.45, 2.75) is 52.1 Å². The molecule has 1 aromatic rings. The summed E-state index contributed by atoms with van der Waals surface area (Å²) >= 11 is 0. The molecule has 0 aliphatic rings. The average Bonchev–Trinajstić information content (AvgIpc) is 2.49. The molecular formula is C18H24N4O3Si. The number of ether oxygens (including phenoxy) is 1. The number of nitrogens with zero attached hydrogens (tertiary/aromatic N) is 3. The van der Waals surface area contributed by atoms with Gasteiger partial charge in [0.15, 0.2) is 0 Å². The van der Waals surface area contributed by atoms with Crippen LogP contribution >= 0.6 is 0 Å². The third-order valence-electron chi connectivity index (χ3n) is 2.87. The highest BCUT2D eigenvalue weighted by Gasteiger charge is 2.29. The predicted octanol–water partition coefficient (Wildman–Crippen LogP) is 4.01. The number of carbonyl (C=O) groups is 2. The summed E-state index contributed by atoms with van der Waals surface area (Å²) in [6, 6.07) is 6.47. The molecule has 26 heavy (non-hydrogen) atoms. The van der Waals surface area contributed by atoms with E-state index in [1.807, 2.05) is 40.4 Å². The normalized spacial score (nSPS) is 12.1. The summed E-state index contributed by atoms with van der Waals surface area (Å²) in [4.78, 5) is 27.6.